The minimum absolute atomic E-state index is 0.0724. The van der Waals surface area contributed by atoms with Crippen LogP contribution in [0.25, 0.3) is 10.7 Å². The number of hydrogen-bond donors (Lipinski definition) is 0. The Labute approximate surface area is 171 Å². The van der Waals surface area contributed by atoms with E-state index in [9.17, 15) is 4.79 Å². The van der Waals surface area contributed by atoms with Crippen molar-refractivity contribution in [3.8, 4) is 16.5 Å². The van der Waals surface area contributed by atoms with Gasteiger partial charge in [0.05, 0.1) is 24.1 Å². The van der Waals surface area contributed by atoms with Crippen molar-refractivity contribution in [2.45, 2.75) is 6.54 Å². The molecule has 3 aromatic rings. The van der Waals surface area contributed by atoms with Crippen molar-refractivity contribution in [1.82, 2.24) is 19.9 Å². The number of benzene rings is 1. The average molecular weight is 419 g/mol. The lowest BCUT2D eigenvalue weighted by Crippen LogP contribution is -2.48. The maximum atomic E-state index is 12.9. The highest BCUT2D eigenvalue weighted by atomic mass is 35.5. The Morgan fingerprint density at radius 2 is 2.11 bits per heavy atom. The van der Waals surface area contributed by atoms with E-state index in [0.717, 1.165) is 18.0 Å². The number of halogens is 1. The predicted octanol–water partition coefficient (Wildman–Crippen LogP) is 3.42. The molecule has 0 spiro atoms. The number of hydrogen-bond acceptors (Lipinski definition) is 7. The summed E-state index contributed by atoms with van der Waals surface area (Å²) in [6.45, 7) is 3.25. The van der Waals surface area contributed by atoms with E-state index in [1.54, 1.807) is 36.6 Å². The molecule has 0 atom stereocenters. The van der Waals surface area contributed by atoms with E-state index in [2.05, 4.69) is 15.0 Å². The second-order valence-electron chi connectivity index (χ2n) is 6.40. The fraction of sp³-hybridized carbons (Fsp3) is 0.316. The fourth-order valence-electron chi connectivity index (χ4n) is 3.14. The van der Waals surface area contributed by atoms with Crippen LogP contribution in [0.4, 0.5) is 0 Å². The third-order valence-corrected chi connectivity index (χ3v) is 5.72. The SMILES string of the molecule is COc1ccc(Cl)cc1C(=O)N1CCN(Cc2nc(-c3cccs3)no2)CC1. The van der Waals surface area contributed by atoms with E-state index in [0.29, 0.717) is 47.7 Å². The normalized spacial score (nSPS) is 15.0. The zero-order valence-electron chi connectivity index (χ0n) is 15.3. The zero-order chi connectivity index (χ0) is 19.5. The fourth-order valence-corrected chi connectivity index (χ4v) is 3.96. The molecule has 0 aliphatic carbocycles. The minimum atomic E-state index is -0.0724. The van der Waals surface area contributed by atoms with E-state index < -0.39 is 0 Å². The number of amides is 1. The van der Waals surface area contributed by atoms with Crippen molar-refractivity contribution < 1.29 is 14.1 Å². The van der Waals surface area contributed by atoms with Crippen molar-refractivity contribution >= 4 is 28.8 Å². The number of aromatic nitrogens is 2. The molecule has 0 unspecified atom stereocenters. The number of nitrogens with zero attached hydrogens (tertiary/aromatic N) is 4. The molecule has 2 aromatic heterocycles. The van der Waals surface area contributed by atoms with Gasteiger partial charge in [-0.2, -0.15) is 4.98 Å². The number of piperazine rings is 1. The molecule has 0 saturated carbocycles. The van der Waals surface area contributed by atoms with Crippen molar-refractivity contribution in [3.05, 3.63) is 52.2 Å². The summed E-state index contributed by atoms with van der Waals surface area (Å²) in [5.41, 5.74) is 0.487. The Hall–Kier alpha value is -2.42. The quantitative estimate of drug-likeness (QED) is 0.632. The van der Waals surface area contributed by atoms with Gasteiger partial charge in [-0.3, -0.25) is 9.69 Å². The van der Waals surface area contributed by atoms with Gasteiger partial charge in [-0.05, 0) is 29.6 Å². The van der Waals surface area contributed by atoms with Crippen LogP contribution in [0, 0.1) is 0 Å². The van der Waals surface area contributed by atoms with Gasteiger partial charge in [0.15, 0.2) is 0 Å². The molecule has 4 rings (SSSR count). The Morgan fingerprint density at radius 3 is 2.82 bits per heavy atom. The summed E-state index contributed by atoms with van der Waals surface area (Å²) in [6.07, 6.45) is 0. The second kappa shape index (κ2) is 8.30. The molecule has 1 aliphatic rings. The van der Waals surface area contributed by atoms with Gasteiger partial charge in [0.1, 0.15) is 5.75 Å². The summed E-state index contributed by atoms with van der Waals surface area (Å²) >= 11 is 7.63. The van der Waals surface area contributed by atoms with E-state index in [-0.39, 0.29) is 5.91 Å². The number of methoxy groups -OCH3 is 1. The lowest BCUT2D eigenvalue weighted by atomic mass is 10.1. The van der Waals surface area contributed by atoms with Crippen molar-refractivity contribution in [1.29, 1.82) is 0 Å². The first-order valence-corrected chi connectivity index (χ1v) is 10.1. The molecule has 7 nitrogen and oxygen atoms in total. The Balaban J connectivity index is 1.36. The van der Waals surface area contributed by atoms with E-state index in [1.165, 1.54) is 0 Å². The van der Waals surface area contributed by atoms with Crippen molar-refractivity contribution in [2.24, 2.45) is 0 Å². The molecule has 28 heavy (non-hydrogen) atoms. The summed E-state index contributed by atoms with van der Waals surface area (Å²) in [4.78, 5) is 22.3. The summed E-state index contributed by atoms with van der Waals surface area (Å²) in [5.74, 6) is 1.66. The molecule has 1 fully saturated rings. The van der Waals surface area contributed by atoms with Gasteiger partial charge in [-0.25, -0.2) is 0 Å². The minimum Gasteiger partial charge on any atom is -0.496 e. The topological polar surface area (TPSA) is 71.7 Å². The van der Waals surface area contributed by atoms with Crippen LogP contribution in [0.5, 0.6) is 5.75 Å². The Morgan fingerprint density at radius 1 is 1.29 bits per heavy atom. The highest BCUT2D eigenvalue weighted by molar-refractivity contribution is 7.13. The molecule has 1 aromatic carbocycles. The molecule has 1 saturated heterocycles. The highest BCUT2D eigenvalue weighted by Gasteiger charge is 2.25. The molecule has 146 valence electrons. The van der Waals surface area contributed by atoms with Gasteiger partial charge in [0, 0.05) is 31.2 Å². The second-order valence-corrected chi connectivity index (χ2v) is 7.79. The lowest BCUT2D eigenvalue weighted by molar-refractivity contribution is 0.0612. The molecule has 9 heteroatoms. The number of carbonyl (C=O) groups excluding carboxylic acids is 1. The maximum absolute atomic E-state index is 12.9. The molecular weight excluding hydrogens is 400 g/mol. The molecule has 1 aliphatic heterocycles. The van der Waals surface area contributed by atoms with Crippen molar-refractivity contribution in [2.75, 3.05) is 33.3 Å². The van der Waals surface area contributed by atoms with Gasteiger partial charge < -0.3 is 14.2 Å². The Kier molecular flexibility index (Phi) is 5.61. The molecular formula is C19H19ClN4O3S. The Bertz CT molecular complexity index is 952. The van der Waals surface area contributed by atoms with Crippen LogP contribution in [0.3, 0.4) is 0 Å². The third kappa shape index (κ3) is 4.04. The van der Waals surface area contributed by atoms with Gasteiger partial charge in [0.25, 0.3) is 5.91 Å². The van der Waals surface area contributed by atoms with Crippen LogP contribution in [-0.4, -0.2) is 59.1 Å². The first kappa shape index (κ1) is 18.9. The van der Waals surface area contributed by atoms with Crippen molar-refractivity contribution in [3.63, 3.8) is 0 Å². The van der Waals surface area contributed by atoms with Gasteiger partial charge in [-0.1, -0.05) is 22.8 Å². The molecule has 1 amide bonds. The predicted molar refractivity (Wildman–Crippen MR) is 107 cm³/mol. The van der Waals surface area contributed by atoms with Gasteiger partial charge >= 0.3 is 0 Å². The summed E-state index contributed by atoms with van der Waals surface area (Å²) in [7, 11) is 1.55. The number of thiophene rings is 1. The van der Waals surface area contributed by atoms with Crippen LogP contribution in [0.1, 0.15) is 16.2 Å². The molecule has 0 bridgehead atoms. The van der Waals surface area contributed by atoms with Crippen LogP contribution in [-0.2, 0) is 6.54 Å². The first-order valence-electron chi connectivity index (χ1n) is 8.85. The maximum Gasteiger partial charge on any atom is 0.257 e. The zero-order valence-corrected chi connectivity index (χ0v) is 16.9. The first-order chi connectivity index (χ1) is 13.6. The van der Waals surface area contributed by atoms with Crippen LogP contribution < -0.4 is 4.74 Å². The average Bonchev–Trinajstić information content (AvgIpc) is 3.40. The van der Waals surface area contributed by atoms with Crippen LogP contribution >= 0.6 is 22.9 Å². The monoisotopic (exact) mass is 418 g/mol. The van der Waals surface area contributed by atoms with E-state index >= 15 is 0 Å². The highest BCUT2D eigenvalue weighted by Crippen LogP contribution is 2.25. The van der Waals surface area contributed by atoms with Crippen LogP contribution in [0.15, 0.2) is 40.2 Å². The summed E-state index contributed by atoms with van der Waals surface area (Å²) < 4.78 is 10.7. The largest absolute Gasteiger partial charge is 0.496 e. The van der Waals surface area contributed by atoms with Crippen LogP contribution in [0.2, 0.25) is 5.02 Å². The molecule has 3 heterocycles. The molecule has 0 N–H and O–H groups in total. The van der Waals surface area contributed by atoms with Gasteiger partial charge in [0.2, 0.25) is 11.7 Å². The number of carbonyl (C=O) groups is 1. The van der Waals surface area contributed by atoms with Gasteiger partial charge in [-0.15, -0.1) is 11.3 Å². The summed E-state index contributed by atoms with van der Waals surface area (Å²) in [6, 6.07) is 9.01. The smallest absolute Gasteiger partial charge is 0.257 e. The summed E-state index contributed by atoms with van der Waals surface area (Å²) in [5, 5.41) is 6.54. The standard InChI is InChI=1S/C19H19ClN4O3S/c1-26-15-5-4-13(20)11-14(15)19(25)24-8-6-23(7-9-24)12-17-21-18(22-27-17)16-3-2-10-28-16/h2-5,10-11H,6-9,12H2,1H3. The third-order valence-electron chi connectivity index (χ3n) is 4.62. The number of ether oxygens (including phenoxy) is 1. The number of rotatable bonds is 5. The lowest BCUT2D eigenvalue weighted by Gasteiger charge is -2.34. The van der Waals surface area contributed by atoms with E-state index in [1.807, 2.05) is 22.4 Å². The van der Waals surface area contributed by atoms with E-state index in [4.69, 9.17) is 20.9 Å². The molecule has 0 radical (unpaired) electrons.